The van der Waals surface area contributed by atoms with E-state index in [-0.39, 0.29) is 11.5 Å². The van der Waals surface area contributed by atoms with Crippen LogP contribution in [0.5, 0.6) is 0 Å². The van der Waals surface area contributed by atoms with Crippen molar-refractivity contribution >= 4 is 29.7 Å². The monoisotopic (exact) mass is 238 g/mol. The Hall–Kier alpha value is -1.07. The first kappa shape index (κ1) is 10.4. The number of thiol groups is 1. The van der Waals surface area contributed by atoms with E-state index in [0.29, 0.717) is 6.42 Å². The summed E-state index contributed by atoms with van der Waals surface area (Å²) >= 11 is 5.56. The van der Waals surface area contributed by atoms with Gasteiger partial charge in [0.25, 0.3) is 0 Å². The highest BCUT2D eigenvalue weighted by atomic mass is 32.1. The van der Waals surface area contributed by atoms with Crippen molar-refractivity contribution in [1.82, 2.24) is 10.2 Å². The van der Waals surface area contributed by atoms with Gasteiger partial charge >= 0.3 is 0 Å². The van der Waals surface area contributed by atoms with Crippen molar-refractivity contribution < 1.29 is 4.79 Å². The summed E-state index contributed by atoms with van der Waals surface area (Å²) in [4.78, 5) is 12.3. The minimum atomic E-state index is 0.0970. The number of aromatic nitrogens is 2. The van der Waals surface area contributed by atoms with Crippen LogP contribution in [-0.4, -0.2) is 21.7 Å². The van der Waals surface area contributed by atoms with Gasteiger partial charge in [-0.05, 0) is 17.5 Å². The van der Waals surface area contributed by atoms with Crippen molar-refractivity contribution in [2.45, 2.75) is 6.42 Å². The molecule has 0 aromatic carbocycles. The average Bonchev–Trinajstić information content (AvgIpc) is 2.85. The van der Waals surface area contributed by atoms with E-state index < -0.39 is 0 Å². The Balaban J connectivity index is 2.14. The molecule has 78 valence electrons. The van der Waals surface area contributed by atoms with E-state index in [0.717, 1.165) is 16.3 Å². The summed E-state index contributed by atoms with van der Waals surface area (Å²) in [6, 6.07) is 5.89. The molecule has 0 amide bonds. The van der Waals surface area contributed by atoms with Gasteiger partial charge in [-0.3, -0.25) is 9.89 Å². The maximum atomic E-state index is 11.2. The van der Waals surface area contributed by atoms with Gasteiger partial charge in [0.2, 0.25) is 0 Å². The summed E-state index contributed by atoms with van der Waals surface area (Å²) in [5.41, 5.74) is 1.74. The van der Waals surface area contributed by atoms with Crippen LogP contribution in [0.15, 0.2) is 23.6 Å². The second kappa shape index (κ2) is 4.63. The molecule has 2 aromatic rings. The largest absolute Gasteiger partial charge is 0.298 e. The van der Waals surface area contributed by atoms with E-state index in [9.17, 15) is 4.79 Å². The number of Topliss-reactive ketones (excluding diaryl/α,β-unsaturated/α-hetero) is 1. The average molecular weight is 238 g/mol. The fourth-order valence-electron chi connectivity index (χ4n) is 1.27. The first-order chi connectivity index (χ1) is 7.29. The van der Waals surface area contributed by atoms with Crippen LogP contribution in [0.2, 0.25) is 0 Å². The number of nitrogens with zero attached hydrogens (tertiary/aromatic N) is 1. The Kier molecular flexibility index (Phi) is 3.23. The molecule has 0 saturated heterocycles. The smallest absolute Gasteiger partial charge is 0.148 e. The van der Waals surface area contributed by atoms with Gasteiger partial charge < -0.3 is 0 Å². The van der Waals surface area contributed by atoms with Gasteiger partial charge in [-0.25, -0.2) is 0 Å². The lowest BCUT2D eigenvalue weighted by atomic mass is 10.2. The van der Waals surface area contributed by atoms with Crippen molar-refractivity contribution in [2.75, 3.05) is 5.75 Å². The van der Waals surface area contributed by atoms with E-state index in [1.807, 2.05) is 23.6 Å². The van der Waals surface area contributed by atoms with Gasteiger partial charge in [0.1, 0.15) is 11.5 Å². The summed E-state index contributed by atoms with van der Waals surface area (Å²) in [5.74, 6) is 0.368. The summed E-state index contributed by atoms with van der Waals surface area (Å²) in [6.45, 7) is 0. The number of carbonyl (C=O) groups excluding carboxylic acids is 1. The minimum Gasteiger partial charge on any atom is -0.298 e. The Morgan fingerprint density at radius 2 is 2.47 bits per heavy atom. The topological polar surface area (TPSA) is 45.8 Å². The van der Waals surface area contributed by atoms with Crippen LogP contribution >= 0.6 is 24.0 Å². The van der Waals surface area contributed by atoms with Crippen molar-refractivity contribution in [3.05, 3.63) is 29.3 Å². The summed E-state index contributed by atoms with van der Waals surface area (Å²) in [7, 11) is 0. The molecule has 2 rings (SSSR count). The number of nitrogens with one attached hydrogen (secondary N) is 1. The number of hydrogen-bond donors (Lipinski definition) is 2. The van der Waals surface area contributed by atoms with Crippen LogP contribution < -0.4 is 0 Å². The lowest BCUT2D eigenvalue weighted by Crippen LogP contribution is -2.03. The highest BCUT2D eigenvalue weighted by Gasteiger charge is 2.07. The van der Waals surface area contributed by atoms with Gasteiger partial charge in [-0.1, -0.05) is 6.07 Å². The Labute approximate surface area is 96.9 Å². The van der Waals surface area contributed by atoms with E-state index >= 15 is 0 Å². The predicted molar refractivity (Wildman–Crippen MR) is 64.5 cm³/mol. The van der Waals surface area contributed by atoms with Crippen LogP contribution in [-0.2, 0) is 11.2 Å². The first-order valence-electron chi connectivity index (χ1n) is 4.50. The third-order valence-corrected chi connectivity index (χ3v) is 3.21. The van der Waals surface area contributed by atoms with Crippen molar-refractivity contribution in [1.29, 1.82) is 0 Å². The van der Waals surface area contributed by atoms with Gasteiger partial charge in [-0.15, -0.1) is 11.3 Å². The van der Waals surface area contributed by atoms with Gasteiger partial charge in [0, 0.05) is 17.9 Å². The summed E-state index contributed by atoms with van der Waals surface area (Å²) in [6.07, 6.45) is 0.377. The molecule has 0 aliphatic rings. The van der Waals surface area contributed by atoms with Gasteiger partial charge in [0.15, 0.2) is 0 Å². The van der Waals surface area contributed by atoms with E-state index in [2.05, 4.69) is 22.8 Å². The van der Waals surface area contributed by atoms with Crippen LogP contribution in [0.3, 0.4) is 0 Å². The number of rotatable bonds is 4. The molecule has 0 saturated carbocycles. The molecule has 0 fully saturated rings. The normalized spacial score (nSPS) is 10.5. The predicted octanol–water partition coefficient (Wildman–Crippen LogP) is 2.18. The van der Waals surface area contributed by atoms with E-state index in [1.165, 1.54) is 0 Å². The number of hydrogen-bond acceptors (Lipinski definition) is 4. The van der Waals surface area contributed by atoms with Gasteiger partial charge in [-0.2, -0.15) is 17.7 Å². The molecule has 0 radical (unpaired) electrons. The number of ketones is 1. The quantitative estimate of drug-likeness (QED) is 0.802. The fraction of sp³-hybridized carbons (Fsp3) is 0.200. The van der Waals surface area contributed by atoms with Crippen LogP contribution in [0.25, 0.3) is 10.6 Å². The Morgan fingerprint density at radius 3 is 3.13 bits per heavy atom. The number of H-pyrrole nitrogens is 1. The molecule has 15 heavy (non-hydrogen) atoms. The van der Waals surface area contributed by atoms with Crippen LogP contribution in [0, 0.1) is 0 Å². The van der Waals surface area contributed by atoms with E-state index in [4.69, 9.17) is 0 Å². The molecular formula is C10H10N2OS2. The second-order valence-corrected chi connectivity index (χ2v) is 4.39. The standard InChI is InChI=1S/C10H10N2OS2/c13-8(6-14)4-7-5-9(12-11-7)10-2-1-3-15-10/h1-3,5,14H,4,6H2,(H,11,12). The van der Waals surface area contributed by atoms with Gasteiger partial charge in [0.05, 0.1) is 4.88 Å². The number of thiophene rings is 1. The molecule has 5 heteroatoms. The molecule has 0 aliphatic carbocycles. The molecule has 2 heterocycles. The molecule has 0 atom stereocenters. The lowest BCUT2D eigenvalue weighted by molar-refractivity contribution is -0.116. The van der Waals surface area contributed by atoms with Crippen molar-refractivity contribution in [3.8, 4) is 10.6 Å². The van der Waals surface area contributed by atoms with Crippen molar-refractivity contribution in [2.24, 2.45) is 0 Å². The molecule has 3 nitrogen and oxygen atoms in total. The minimum absolute atomic E-state index is 0.0970. The highest BCUT2D eigenvalue weighted by molar-refractivity contribution is 7.81. The first-order valence-corrected chi connectivity index (χ1v) is 6.01. The summed E-state index contributed by atoms with van der Waals surface area (Å²) in [5, 5.41) is 9.02. The van der Waals surface area contributed by atoms with Crippen molar-refractivity contribution in [3.63, 3.8) is 0 Å². The molecule has 0 aliphatic heterocycles. The SMILES string of the molecule is O=C(CS)Cc1cc(-c2cccs2)n[nH]1. The zero-order valence-corrected chi connectivity index (χ0v) is 9.65. The zero-order chi connectivity index (χ0) is 10.7. The Morgan fingerprint density at radius 1 is 1.60 bits per heavy atom. The molecule has 0 unspecified atom stereocenters. The van der Waals surface area contributed by atoms with Crippen LogP contribution in [0.1, 0.15) is 5.69 Å². The Bertz CT molecular complexity index is 448. The number of aromatic amines is 1. The third-order valence-electron chi connectivity index (χ3n) is 1.97. The summed E-state index contributed by atoms with van der Waals surface area (Å²) < 4.78 is 0. The highest BCUT2D eigenvalue weighted by Crippen LogP contribution is 2.22. The maximum absolute atomic E-state index is 11.2. The van der Waals surface area contributed by atoms with Crippen LogP contribution in [0.4, 0.5) is 0 Å². The second-order valence-electron chi connectivity index (χ2n) is 3.13. The number of carbonyl (C=O) groups is 1. The zero-order valence-electron chi connectivity index (χ0n) is 7.93. The lowest BCUT2D eigenvalue weighted by Gasteiger charge is -1.91. The molecule has 0 bridgehead atoms. The third kappa shape index (κ3) is 2.49. The van der Waals surface area contributed by atoms with E-state index in [1.54, 1.807) is 11.3 Å². The molecule has 0 spiro atoms. The molecule has 1 N–H and O–H groups in total. The fourth-order valence-corrected chi connectivity index (χ4v) is 2.07. The maximum Gasteiger partial charge on any atom is 0.148 e. The molecular weight excluding hydrogens is 228 g/mol. The molecule has 2 aromatic heterocycles.